The summed E-state index contributed by atoms with van der Waals surface area (Å²) in [6.07, 6.45) is 0.802. The maximum absolute atomic E-state index is 10.5. The highest BCUT2D eigenvalue weighted by Gasteiger charge is 2.18. The minimum absolute atomic E-state index is 0.0197. The number of thioether (sulfide) groups is 1. The number of aliphatic carboxylic acids is 1. The van der Waals surface area contributed by atoms with E-state index in [-0.39, 0.29) is 17.7 Å². The maximum Gasteiger partial charge on any atom is 0.313 e. The van der Waals surface area contributed by atoms with E-state index >= 15 is 0 Å². The standard InChI is InChI=1S/C9H16N4O3S/c1-3-6(4-16-2)13-8(10)11-12-9(13)17-5-7(14)15/h6H,3-5H2,1-2H3,(H2,10,11)(H,14,15). The fourth-order valence-corrected chi connectivity index (χ4v) is 2.16. The molecule has 1 aromatic rings. The van der Waals surface area contributed by atoms with E-state index in [4.69, 9.17) is 15.6 Å². The van der Waals surface area contributed by atoms with Crippen LogP contribution < -0.4 is 5.73 Å². The summed E-state index contributed by atoms with van der Waals surface area (Å²) in [5.74, 6) is -0.689. The number of nitrogen functional groups attached to an aromatic ring is 1. The van der Waals surface area contributed by atoms with Gasteiger partial charge in [0.1, 0.15) is 0 Å². The third-order valence-corrected chi connectivity index (χ3v) is 3.14. The highest BCUT2D eigenvalue weighted by atomic mass is 32.2. The first-order valence-corrected chi connectivity index (χ1v) is 6.12. The number of rotatable bonds is 7. The van der Waals surface area contributed by atoms with Gasteiger partial charge in [-0.1, -0.05) is 18.7 Å². The van der Waals surface area contributed by atoms with Crippen molar-refractivity contribution in [2.75, 3.05) is 25.2 Å². The number of hydrogen-bond donors (Lipinski definition) is 2. The number of nitrogens with zero attached hydrogens (tertiary/aromatic N) is 3. The Morgan fingerprint density at radius 2 is 2.35 bits per heavy atom. The van der Waals surface area contributed by atoms with E-state index < -0.39 is 5.97 Å². The lowest BCUT2D eigenvalue weighted by Crippen LogP contribution is -2.17. The number of carboxylic acid groups (broad SMARTS) is 1. The highest BCUT2D eigenvalue weighted by Crippen LogP contribution is 2.24. The fourth-order valence-electron chi connectivity index (χ4n) is 1.42. The molecule has 0 aromatic carbocycles. The zero-order valence-corrected chi connectivity index (χ0v) is 10.6. The zero-order valence-electron chi connectivity index (χ0n) is 9.79. The van der Waals surface area contributed by atoms with Crippen LogP contribution in [0, 0.1) is 0 Å². The summed E-state index contributed by atoms with van der Waals surface area (Å²) in [5.41, 5.74) is 5.73. The monoisotopic (exact) mass is 260 g/mol. The molecule has 0 amide bonds. The number of anilines is 1. The van der Waals surface area contributed by atoms with Gasteiger partial charge >= 0.3 is 5.97 Å². The van der Waals surface area contributed by atoms with Crippen molar-refractivity contribution in [3.8, 4) is 0 Å². The molecular weight excluding hydrogens is 244 g/mol. The average molecular weight is 260 g/mol. The molecule has 1 aromatic heterocycles. The van der Waals surface area contributed by atoms with E-state index in [1.165, 1.54) is 0 Å². The molecule has 0 saturated carbocycles. The van der Waals surface area contributed by atoms with Gasteiger partial charge in [0, 0.05) is 7.11 Å². The smallest absolute Gasteiger partial charge is 0.313 e. The van der Waals surface area contributed by atoms with E-state index in [1.807, 2.05) is 6.92 Å². The van der Waals surface area contributed by atoms with Gasteiger partial charge in [-0.15, -0.1) is 10.2 Å². The predicted molar refractivity (Wildman–Crippen MR) is 64.0 cm³/mol. The van der Waals surface area contributed by atoms with Crippen molar-refractivity contribution in [2.45, 2.75) is 24.5 Å². The lowest BCUT2D eigenvalue weighted by molar-refractivity contribution is -0.133. The van der Waals surface area contributed by atoms with Gasteiger partial charge in [0.15, 0.2) is 5.16 Å². The van der Waals surface area contributed by atoms with E-state index in [2.05, 4.69) is 10.2 Å². The summed E-state index contributed by atoms with van der Waals surface area (Å²) in [6.45, 7) is 2.48. The first kappa shape index (κ1) is 13.8. The number of ether oxygens (including phenoxy) is 1. The molecule has 7 nitrogen and oxygen atoms in total. The topological polar surface area (TPSA) is 103 Å². The van der Waals surface area contributed by atoms with Crippen molar-refractivity contribution in [2.24, 2.45) is 0 Å². The number of nitrogens with two attached hydrogens (primary N) is 1. The van der Waals surface area contributed by atoms with Crippen molar-refractivity contribution in [3.63, 3.8) is 0 Å². The lowest BCUT2D eigenvalue weighted by Gasteiger charge is -2.18. The quantitative estimate of drug-likeness (QED) is 0.693. The SMILES string of the molecule is CCC(COC)n1c(N)nnc1SCC(=O)O. The highest BCUT2D eigenvalue weighted by molar-refractivity contribution is 7.99. The van der Waals surface area contributed by atoms with Crippen molar-refractivity contribution in [1.82, 2.24) is 14.8 Å². The first-order valence-electron chi connectivity index (χ1n) is 5.14. The molecule has 0 aliphatic carbocycles. The van der Waals surface area contributed by atoms with Crippen LogP contribution in [0.4, 0.5) is 5.95 Å². The molecule has 0 fully saturated rings. The van der Waals surface area contributed by atoms with Crippen LogP contribution in [0.2, 0.25) is 0 Å². The Labute approximate surface area is 103 Å². The Balaban J connectivity index is 2.87. The lowest BCUT2D eigenvalue weighted by atomic mass is 10.2. The van der Waals surface area contributed by atoms with Crippen LogP contribution in [0.3, 0.4) is 0 Å². The summed E-state index contributed by atoms with van der Waals surface area (Å²) in [5, 5.41) is 16.8. The third kappa shape index (κ3) is 3.60. The van der Waals surface area contributed by atoms with Crippen LogP contribution in [0.1, 0.15) is 19.4 Å². The van der Waals surface area contributed by atoms with Gasteiger partial charge in [-0.05, 0) is 6.42 Å². The predicted octanol–water partition coefficient (Wildman–Crippen LogP) is 0.634. The first-order chi connectivity index (χ1) is 8.10. The Kier molecular flexibility index (Phi) is 5.23. The van der Waals surface area contributed by atoms with Crippen LogP contribution in [0.25, 0.3) is 0 Å². The molecule has 8 heteroatoms. The summed E-state index contributed by atoms with van der Waals surface area (Å²) < 4.78 is 6.82. The molecule has 17 heavy (non-hydrogen) atoms. The van der Waals surface area contributed by atoms with E-state index in [0.29, 0.717) is 11.8 Å². The van der Waals surface area contributed by atoms with Crippen LogP contribution >= 0.6 is 11.8 Å². The van der Waals surface area contributed by atoms with Crippen molar-refractivity contribution >= 4 is 23.7 Å². The van der Waals surface area contributed by atoms with Gasteiger partial charge in [-0.3, -0.25) is 9.36 Å². The van der Waals surface area contributed by atoms with Gasteiger partial charge in [0.05, 0.1) is 18.4 Å². The maximum atomic E-state index is 10.5. The van der Waals surface area contributed by atoms with E-state index in [9.17, 15) is 4.79 Å². The molecule has 1 rings (SSSR count). The van der Waals surface area contributed by atoms with Crippen LogP contribution in [-0.2, 0) is 9.53 Å². The van der Waals surface area contributed by atoms with Crippen LogP contribution in [-0.4, -0.2) is 45.3 Å². The molecule has 1 atom stereocenters. The van der Waals surface area contributed by atoms with Crippen molar-refractivity contribution < 1.29 is 14.6 Å². The van der Waals surface area contributed by atoms with Crippen LogP contribution in [0.15, 0.2) is 5.16 Å². The van der Waals surface area contributed by atoms with Gasteiger partial charge in [-0.2, -0.15) is 0 Å². The number of carbonyl (C=O) groups is 1. The summed E-state index contributed by atoms with van der Waals surface area (Å²) in [7, 11) is 1.60. The fraction of sp³-hybridized carbons (Fsp3) is 0.667. The van der Waals surface area contributed by atoms with E-state index in [1.54, 1.807) is 11.7 Å². The second-order valence-electron chi connectivity index (χ2n) is 3.41. The van der Waals surface area contributed by atoms with Gasteiger partial charge in [0.25, 0.3) is 0 Å². The average Bonchev–Trinajstić information content (AvgIpc) is 2.65. The summed E-state index contributed by atoms with van der Waals surface area (Å²) in [6, 6.07) is 0.0197. The Hall–Kier alpha value is -1.28. The minimum Gasteiger partial charge on any atom is -0.481 e. The largest absolute Gasteiger partial charge is 0.481 e. The second-order valence-corrected chi connectivity index (χ2v) is 4.35. The Morgan fingerprint density at radius 1 is 1.65 bits per heavy atom. The van der Waals surface area contributed by atoms with Crippen molar-refractivity contribution in [3.05, 3.63) is 0 Å². The van der Waals surface area contributed by atoms with Gasteiger partial charge in [0.2, 0.25) is 5.95 Å². The van der Waals surface area contributed by atoms with Crippen molar-refractivity contribution in [1.29, 1.82) is 0 Å². The number of aromatic nitrogens is 3. The minimum atomic E-state index is -0.900. The molecule has 0 aliphatic rings. The second kappa shape index (κ2) is 6.45. The molecule has 0 radical (unpaired) electrons. The Morgan fingerprint density at radius 3 is 2.88 bits per heavy atom. The summed E-state index contributed by atoms with van der Waals surface area (Å²) in [4.78, 5) is 10.5. The molecular formula is C9H16N4O3S. The van der Waals surface area contributed by atoms with Gasteiger partial charge < -0.3 is 15.6 Å². The zero-order chi connectivity index (χ0) is 12.8. The number of hydrogen-bond acceptors (Lipinski definition) is 6. The Bertz CT molecular complexity index is 382. The third-order valence-electron chi connectivity index (χ3n) is 2.21. The van der Waals surface area contributed by atoms with Crippen LogP contribution in [0.5, 0.6) is 0 Å². The normalized spacial score (nSPS) is 12.6. The molecule has 0 bridgehead atoms. The molecule has 1 heterocycles. The molecule has 1 unspecified atom stereocenters. The summed E-state index contributed by atoms with van der Waals surface area (Å²) >= 11 is 1.10. The molecule has 0 spiro atoms. The molecule has 0 aliphatic heterocycles. The molecule has 0 saturated heterocycles. The molecule has 96 valence electrons. The van der Waals surface area contributed by atoms with E-state index in [0.717, 1.165) is 18.2 Å². The van der Waals surface area contributed by atoms with Gasteiger partial charge in [-0.25, -0.2) is 0 Å². The molecule has 3 N–H and O–H groups in total. The number of methoxy groups -OCH3 is 1. The number of carboxylic acids is 1.